The first-order chi connectivity index (χ1) is 5.52. The number of hydrogen-bond donors (Lipinski definition) is 2. The molecule has 1 atom stereocenters. The molecule has 0 aliphatic carbocycles. The molecule has 1 unspecified atom stereocenters. The minimum atomic E-state index is -0.322. The highest BCUT2D eigenvalue weighted by Gasteiger charge is 2.35. The normalized spacial score (nSPS) is 27.3. The van der Waals surface area contributed by atoms with Crippen molar-refractivity contribution in [2.24, 2.45) is 11.1 Å². The van der Waals surface area contributed by atoms with E-state index >= 15 is 0 Å². The molecule has 70 valence electrons. The first kappa shape index (κ1) is 9.48. The van der Waals surface area contributed by atoms with E-state index in [1.807, 2.05) is 0 Å². The summed E-state index contributed by atoms with van der Waals surface area (Å²) < 4.78 is 5.29. The van der Waals surface area contributed by atoms with Crippen LogP contribution in [0.2, 0.25) is 0 Å². The van der Waals surface area contributed by atoms with Crippen molar-refractivity contribution < 1.29 is 9.53 Å². The molecule has 0 spiro atoms. The molecular formula is C8H16N2O2. The molecule has 0 bridgehead atoms. The molecule has 3 N–H and O–H groups in total. The molecule has 1 aliphatic heterocycles. The molecule has 1 heterocycles. The van der Waals surface area contributed by atoms with Gasteiger partial charge in [0.25, 0.3) is 0 Å². The Morgan fingerprint density at radius 3 is 2.83 bits per heavy atom. The van der Waals surface area contributed by atoms with Crippen LogP contribution in [0.25, 0.3) is 0 Å². The highest BCUT2D eigenvalue weighted by Crippen LogP contribution is 2.26. The van der Waals surface area contributed by atoms with Crippen LogP contribution in [-0.4, -0.2) is 31.7 Å². The van der Waals surface area contributed by atoms with Gasteiger partial charge in [-0.25, -0.2) is 0 Å². The minimum absolute atomic E-state index is 0.107. The predicted molar refractivity (Wildman–Crippen MR) is 45.6 cm³/mol. The second-order valence-electron chi connectivity index (χ2n) is 3.90. The van der Waals surface area contributed by atoms with Crippen molar-refractivity contribution in [3.05, 3.63) is 0 Å². The molecule has 1 fully saturated rings. The highest BCUT2D eigenvalue weighted by atomic mass is 16.5. The van der Waals surface area contributed by atoms with Crippen LogP contribution < -0.4 is 11.1 Å². The second kappa shape index (κ2) is 3.41. The number of hydrogen-bond acceptors (Lipinski definition) is 3. The Morgan fingerprint density at radius 1 is 1.75 bits per heavy atom. The first-order valence-electron chi connectivity index (χ1n) is 4.12. The summed E-state index contributed by atoms with van der Waals surface area (Å²) in [5.41, 5.74) is 5.12. The zero-order valence-corrected chi connectivity index (χ0v) is 7.59. The fourth-order valence-corrected chi connectivity index (χ4v) is 1.33. The van der Waals surface area contributed by atoms with E-state index in [-0.39, 0.29) is 23.9 Å². The summed E-state index contributed by atoms with van der Waals surface area (Å²) in [7, 11) is 0. The smallest absolute Gasteiger partial charge is 0.231 e. The number of carbonyl (C=O) groups excluding carboxylic acids is 1. The van der Waals surface area contributed by atoms with Gasteiger partial charge in [-0.3, -0.25) is 4.79 Å². The largest absolute Gasteiger partial charge is 0.379 e. The standard InChI is InChI=1S/C8H16N2O2/c1-8(2)5-12-4-6(8)10-3-7(9)11/h6,10H,3-5H2,1-2H3,(H2,9,11). The average molecular weight is 172 g/mol. The topological polar surface area (TPSA) is 64.3 Å². The number of rotatable bonds is 3. The average Bonchev–Trinajstić information content (AvgIpc) is 2.25. The van der Waals surface area contributed by atoms with Crippen LogP contribution in [0.5, 0.6) is 0 Å². The van der Waals surface area contributed by atoms with Crippen LogP contribution in [-0.2, 0) is 9.53 Å². The number of amides is 1. The lowest BCUT2D eigenvalue weighted by Gasteiger charge is -2.24. The molecule has 0 aromatic heterocycles. The van der Waals surface area contributed by atoms with Gasteiger partial charge in [0.15, 0.2) is 0 Å². The van der Waals surface area contributed by atoms with Gasteiger partial charge in [-0.2, -0.15) is 0 Å². The zero-order valence-electron chi connectivity index (χ0n) is 7.59. The second-order valence-corrected chi connectivity index (χ2v) is 3.90. The van der Waals surface area contributed by atoms with Crippen LogP contribution >= 0.6 is 0 Å². The summed E-state index contributed by atoms with van der Waals surface area (Å²) in [4.78, 5) is 10.5. The third kappa shape index (κ3) is 2.19. The summed E-state index contributed by atoms with van der Waals surface area (Å²) in [5.74, 6) is -0.322. The van der Waals surface area contributed by atoms with Crippen LogP contribution in [0.15, 0.2) is 0 Å². The Balaban J connectivity index is 2.36. The molecule has 0 aromatic carbocycles. The molecular weight excluding hydrogens is 156 g/mol. The molecule has 1 rings (SSSR count). The van der Waals surface area contributed by atoms with Gasteiger partial charge in [-0.1, -0.05) is 13.8 Å². The van der Waals surface area contributed by atoms with E-state index < -0.39 is 0 Å². The summed E-state index contributed by atoms with van der Waals surface area (Å²) in [6.45, 7) is 5.86. The van der Waals surface area contributed by atoms with E-state index in [2.05, 4.69) is 19.2 Å². The van der Waals surface area contributed by atoms with Gasteiger partial charge in [0.2, 0.25) is 5.91 Å². The van der Waals surface area contributed by atoms with Crippen molar-refractivity contribution in [2.45, 2.75) is 19.9 Å². The SMILES string of the molecule is CC1(C)COCC1NCC(N)=O. The number of nitrogens with two attached hydrogens (primary N) is 1. The molecule has 4 nitrogen and oxygen atoms in total. The van der Waals surface area contributed by atoms with Gasteiger partial charge >= 0.3 is 0 Å². The van der Waals surface area contributed by atoms with Gasteiger partial charge in [0, 0.05) is 11.5 Å². The van der Waals surface area contributed by atoms with Crippen molar-refractivity contribution in [2.75, 3.05) is 19.8 Å². The Kier molecular flexibility index (Phi) is 2.69. The molecule has 1 amide bonds. The Hall–Kier alpha value is -0.610. The Bertz CT molecular complexity index is 180. The van der Waals surface area contributed by atoms with Gasteiger partial charge < -0.3 is 15.8 Å². The lowest BCUT2D eigenvalue weighted by atomic mass is 9.88. The van der Waals surface area contributed by atoms with E-state index in [1.54, 1.807) is 0 Å². The van der Waals surface area contributed by atoms with Crippen molar-refractivity contribution >= 4 is 5.91 Å². The molecule has 0 saturated carbocycles. The molecule has 1 saturated heterocycles. The van der Waals surface area contributed by atoms with E-state index in [9.17, 15) is 4.79 Å². The fraction of sp³-hybridized carbons (Fsp3) is 0.875. The van der Waals surface area contributed by atoms with Crippen LogP contribution in [0.4, 0.5) is 0 Å². The van der Waals surface area contributed by atoms with Crippen LogP contribution in [0.1, 0.15) is 13.8 Å². The third-order valence-electron chi connectivity index (χ3n) is 2.22. The van der Waals surface area contributed by atoms with Gasteiger partial charge in [0.1, 0.15) is 0 Å². The first-order valence-corrected chi connectivity index (χ1v) is 4.12. The van der Waals surface area contributed by atoms with E-state index in [0.717, 1.165) is 6.61 Å². The van der Waals surface area contributed by atoms with Gasteiger partial charge in [-0.15, -0.1) is 0 Å². The quantitative estimate of drug-likeness (QED) is 0.602. The summed E-state index contributed by atoms with van der Waals surface area (Å²) in [6.07, 6.45) is 0. The molecule has 4 heteroatoms. The number of ether oxygens (including phenoxy) is 1. The maximum absolute atomic E-state index is 10.5. The van der Waals surface area contributed by atoms with Crippen molar-refractivity contribution in [1.29, 1.82) is 0 Å². The third-order valence-corrected chi connectivity index (χ3v) is 2.22. The fourth-order valence-electron chi connectivity index (χ4n) is 1.33. The Morgan fingerprint density at radius 2 is 2.42 bits per heavy atom. The van der Waals surface area contributed by atoms with Crippen molar-refractivity contribution in [3.63, 3.8) is 0 Å². The molecule has 0 aromatic rings. The summed E-state index contributed by atoms with van der Waals surface area (Å²) in [5, 5.41) is 3.07. The number of nitrogens with one attached hydrogen (secondary N) is 1. The molecule has 0 radical (unpaired) electrons. The van der Waals surface area contributed by atoms with Crippen LogP contribution in [0.3, 0.4) is 0 Å². The summed E-state index contributed by atoms with van der Waals surface area (Å²) in [6, 6.07) is 0.241. The van der Waals surface area contributed by atoms with E-state index in [0.29, 0.717) is 6.61 Å². The van der Waals surface area contributed by atoms with E-state index in [1.165, 1.54) is 0 Å². The molecule has 12 heavy (non-hydrogen) atoms. The van der Waals surface area contributed by atoms with Crippen LogP contribution in [0, 0.1) is 5.41 Å². The maximum atomic E-state index is 10.5. The zero-order chi connectivity index (χ0) is 9.19. The van der Waals surface area contributed by atoms with E-state index in [4.69, 9.17) is 10.5 Å². The predicted octanol–water partition coefficient (Wildman–Crippen LogP) is -0.514. The maximum Gasteiger partial charge on any atom is 0.231 e. The number of carbonyl (C=O) groups is 1. The number of primary amides is 1. The molecule has 1 aliphatic rings. The van der Waals surface area contributed by atoms with Crippen molar-refractivity contribution in [1.82, 2.24) is 5.32 Å². The van der Waals surface area contributed by atoms with Gasteiger partial charge in [-0.05, 0) is 0 Å². The highest BCUT2D eigenvalue weighted by molar-refractivity contribution is 5.75. The van der Waals surface area contributed by atoms with Crippen molar-refractivity contribution in [3.8, 4) is 0 Å². The minimum Gasteiger partial charge on any atom is -0.379 e. The Labute approximate surface area is 72.5 Å². The summed E-state index contributed by atoms with van der Waals surface area (Å²) >= 11 is 0. The lowest BCUT2D eigenvalue weighted by Crippen LogP contribution is -2.44. The monoisotopic (exact) mass is 172 g/mol. The lowest BCUT2D eigenvalue weighted by molar-refractivity contribution is -0.117. The van der Waals surface area contributed by atoms with Gasteiger partial charge in [0.05, 0.1) is 19.8 Å².